The quantitative estimate of drug-likeness (QED) is 0.612. The Morgan fingerprint density at radius 2 is 1.81 bits per heavy atom. The zero-order chi connectivity index (χ0) is 22.0. The van der Waals surface area contributed by atoms with E-state index in [1.165, 1.54) is 19.2 Å². The fourth-order valence-electron chi connectivity index (χ4n) is 3.50. The van der Waals surface area contributed by atoms with Gasteiger partial charge in [-0.15, -0.1) is 0 Å². The number of esters is 1. The van der Waals surface area contributed by atoms with Gasteiger partial charge in [-0.1, -0.05) is 12.1 Å². The molecule has 3 aromatic carbocycles. The number of cyclic esters (lactones) is 1. The van der Waals surface area contributed by atoms with Crippen LogP contribution < -0.4 is 14.8 Å². The van der Waals surface area contributed by atoms with E-state index in [-0.39, 0.29) is 11.7 Å². The summed E-state index contributed by atoms with van der Waals surface area (Å²) in [6.07, 6.45) is -0.153. The van der Waals surface area contributed by atoms with Crippen molar-refractivity contribution in [2.45, 2.75) is 12.5 Å². The highest BCUT2D eigenvalue weighted by Gasteiger charge is 2.28. The van der Waals surface area contributed by atoms with Crippen molar-refractivity contribution in [1.82, 2.24) is 0 Å². The first-order valence-corrected chi connectivity index (χ1v) is 9.61. The zero-order valence-electron chi connectivity index (χ0n) is 17.0. The highest BCUT2D eigenvalue weighted by atomic mass is 19.1. The van der Waals surface area contributed by atoms with Crippen LogP contribution in [0.3, 0.4) is 0 Å². The van der Waals surface area contributed by atoms with E-state index >= 15 is 0 Å². The molecule has 1 atom stereocenters. The second-order valence-corrected chi connectivity index (χ2v) is 7.04. The first kappa shape index (κ1) is 20.4. The van der Waals surface area contributed by atoms with Gasteiger partial charge in [-0.25, -0.2) is 9.18 Å². The minimum absolute atomic E-state index is 0.344. The number of hydrogen-bond donors (Lipinski definition) is 1. The third-order valence-electron chi connectivity index (χ3n) is 5.14. The Morgan fingerprint density at radius 1 is 1.03 bits per heavy atom. The van der Waals surface area contributed by atoms with Gasteiger partial charge in [0.2, 0.25) is 0 Å². The number of benzene rings is 3. The SMILES string of the molecule is COc1ccc(NC(=O)c2ccc3c(c2)C[C@H](c2ccc(F)cc2)OC3=O)c(OC)c1. The van der Waals surface area contributed by atoms with Gasteiger partial charge >= 0.3 is 5.97 Å². The predicted octanol–water partition coefficient (Wildman–Crippen LogP) is 4.55. The summed E-state index contributed by atoms with van der Waals surface area (Å²) in [4.78, 5) is 25.3. The van der Waals surface area contributed by atoms with Crippen LogP contribution in [0.5, 0.6) is 11.5 Å². The molecule has 0 aromatic heterocycles. The maximum Gasteiger partial charge on any atom is 0.339 e. The predicted molar refractivity (Wildman–Crippen MR) is 112 cm³/mol. The van der Waals surface area contributed by atoms with Crippen molar-refractivity contribution < 1.29 is 28.2 Å². The molecule has 1 heterocycles. The molecule has 31 heavy (non-hydrogen) atoms. The van der Waals surface area contributed by atoms with E-state index in [4.69, 9.17) is 14.2 Å². The van der Waals surface area contributed by atoms with Crippen LogP contribution in [0.15, 0.2) is 60.7 Å². The molecule has 0 aliphatic carbocycles. The summed E-state index contributed by atoms with van der Waals surface area (Å²) in [5.74, 6) is -0.110. The number of hydrogen-bond acceptors (Lipinski definition) is 5. The first-order chi connectivity index (χ1) is 15.0. The van der Waals surface area contributed by atoms with Crippen LogP contribution in [-0.4, -0.2) is 26.1 Å². The third-order valence-corrected chi connectivity index (χ3v) is 5.14. The van der Waals surface area contributed by atoms with Gasteiger partial charge in [-0.05, 0) is 53.6 Å². The number of anilines is 1. The summed E-state index contributed by atoms with van der Waals surface area (Å²) in [5, 5.41) is 2.82. The number of rotatable bonds is 5. The molecule has 4 rings (SSSR count). The van der Waals surface area contributed by atoms with Crippen LogP contribution in [0.25, 0.3) is 0 Å². The molecule has 0 saturated heterocycles. The molecule has 0 bridgehead atoms. The van der Waals surface area contributed by atoms with Gasteiger partial charge in [-0.2, -0.15) is 0 Å². The lowest BCUT2D eigenvalue weighted by Gasteiger charge is -2.25. The molecule has 0 fully saturated rings. The summed E-state index contributed by atoms with van der Waals surface area (Å²) in [6.45, 7) is 0. The number of carbonyl (C=O) groups is 2. The molecule has 1 aliphatic heterocycles. The number of methoxy groups -OCH3 is 2. The highest BCUT2D eigenvalue weighted by Crippen LogP contribution is 2.32. The first-order valence-electron chi connectivity index (χ1n) is 9.61. The van der Waals surface area contributed by atoms with Crippen molar-refractivity contribution in [2.75, 3.05) is 19.5 Å². The topological polar surface area (TPSA) is 73.9 Å². The lowest BCUT2D eigenvalue weighted by Crippen LogP contribution is -2.23. The van der Waals surface area contributed by atoms with Crippen LogP contribution >= 0.6 is 0 Å². The standard InChI is InChI=1S/C24H20FNO5/c1-29-18-8-10-20(22(13-18)30-2)26-23(27)15-5-9-19-16(11-15)12-21(31-24(19)28)14-3-6-17(25)7-4-14/h3-11,13,21H,12H2,1-2H3,(H,26,27)/t21-/m1/s1. The lowest BCUT2D eigenvalue weighted by molar-refractivity contribution is 0.0252. The molecule has 1 aliphatic rings. The smallest absolute Gasteiger partial charge is 0.339 e. The van der Waals surface area contributed by atoms with E-state index in [0.717, 1.165) is 0 Å². The van der Waals surface area contributed by atoms with E-state index in [2.05, 4.69) is 5.32 Å². The normalized spacial score (nSPS) is 14.9. The Bertz CT molecular complexity index is 1140. The Labute approximate surface area is 178 Å². The molecule has 6 nitrogen and oxygen atoms in total. The Balaban J connectivity index is 1.58. The van der Waals surface area contributed by atoms with Gasteiger partial charge in [0.15, 0.2) is 0 Å². The van der Waals surface area contributed by atoms with Gasteiger partial charge in [0.1, 0.15) is 23.4 Å². The molecule has 0 radical (unpaired) electrons. The van der Waals surface area contributed by atoms with Gasteiger partial charge in [0.25, 0.3) is 5.91 Å². The minimum atomic E-state index is -0.541. The Morgan fingerprint density at radius 3 is 2.52 bits per heavy atom. The fraction of sp³-hybridized carbons (Fsp3) is 0.167. The van der Waals surface area contributed by atoms with Crippen molar-refractivity contribution in [3.05, 3.63) is 88.7 Å². The molecular weight excluding hydrogens is 401 g/mol. The summed E-state index contributed by atoms with van der Waals surface area (Å²) in [7, 11) is 3.05. The molecule has 0 spiro atoms. The van der Waals surface area contributed by atoms with E-state index in [1.807, 2.05) is 0 Å². The van der Waals surface area contributed by atoms with E-state index in [0.29, 0.717) is 45.9 Å². The Kier molecular flexibility index (Phi) is 5.58. The minimum Gasteiger partial charge on any atom is -0.497 e. The molecule has 0 saturated carbocycles. The number of halogens is 1. The largest absolute Gasteiger partial charge is 0.497 e. The van der Waals surface area contributed by atoms with Crippen molar-refractivity contribution in [2.24, 2.45) is 0 Å². The molecule has 0 unspecified atom stereocenters. The summed E-state index contributed by atoms with van der Waals surface area (Å²) in [5.41, 5.74) is 2.69. The third kappa shape index (κ3) is 4.21. The van der Waals surface area contributed by atoms with Gasteiger partial charge < -0.3 is 19.5 Å². The fourth-order valence-corrected chi connectivity index (χ4v) is 3.50. The summed E-state index contributed by atoms with van der Waals surface area (Å²) < 4.78 is 29.2. The number of fused-ring (bicyclic) bond motifs is 1. The van der Waals surface area contributed by atoms with Crippen LogP contribution in [0, 0.1) is 5.82 Å². The monoisotopic (exact) mass is 421 g/mol. The Hall–Kier alpha value is -3.87. The number of nitrogens with one attached hydrogen (secondary N) is 1. The maximum absolute atomic E-state index is 13.2. The van der Waals surface area contributed by atoms with Crippen molar-refractivity contribution >= 4 is 17.6 Å². The van der Waals surface area contributed by atoms with Crippen LogP contribution in [-0.2, 0) is 11.2 Å². The summed E-state index contributed by atoms with van der Waals surface area (Å²) >= 11 is 0. The maximum atomic E-state index is 13.2. The van der Waals surface area contributed by atoms with Crippen molar-refractivity contribution in [3.8, 4) is 11.5 Å². The van der Waals surface area contributed by atoms with Gasteiger partial charge in [-0.3, -0.25) is 4.79 Å². The molecule has 7 heteroatoms. The van der Waals surface area contributed by atoms with E-state index in [9.17, 15) is 14.0 Å². The van der Waals surface area contributed by atoms with Gasteiger partial charge in [0.05, 0.1) is 25.5 Å². The van der Waals surface area contributed by atoms with Crippen LogP contribution in [0.1, 0.15) is 37.9 Å². The molecular formula is C24H20FNO5. The highest BCUT2D eigenvalue weighted by molar-refractivity contribution is 6.06. The average molecular weight is 421 g/mol. The van der Waals surface area contributed by atoms with Crippen LogP contribution in [0.4, 0.5) is 10.1 Å². The molecule has 158 valence electrons. The van der Waals surface area contributed by atoms with Crippen molar-refractivity contribution in [3.63, 3.8) is 0 Å². The second kappa shape index (κ2) is 8.47. The molecule has 1 N–H and O–H groups in total. The summed E-state index contributed by atoms with van der Waals surface area (Å²) in [6, 6.07) is 15.7. The average Bonchev–Trinajstić information content (AvgIpc) is 2.79. The lowest BCUT2D eigenvalue weighted by atomic mass is 9.93. The number of ether oxygens (including phenoxy) is 3. The zero-order valence-corrected chi connectivity index (χ0v) is 17.0. The second-order valence-electron chi connectivity index (χ2n) is 7.04. The van der Waals surface area contributed by atoms with E-state index < -0.39 is 12.1 Å². The molecule has 3 aromatic rings. The van der Waals surface area contributed by atoms with Crippen LogP contribution in [0.2, 0.25) is 0 Å². The van der Waals surface area contributed by atoms with Gasteiger partial charge in [0, 0.05) is 18.1 Å². The molecule has 1 amide bonds. The van der Waals surface area contributed by atoms with Crippen molar-refractivity contribution in [1.29, 1.82) is 0 Å². The van der Waals surface area contributed by atoms with E-state index in [1.54, 1.807) is 55.6 Å². The number of amides is 1. The number of carbonyl (C=O) groups excluding carboxylic acids is 2.